The summed E-state index contributed by atoms with van der Waals surface area (Å²) >= 11 is 0. The summed E-state index contributed by atoms with van der Waals surface area (Å²) in [6, 6.07) is -0.0693. The zero-order valence-electron chi connectivity index (χ0n) is 12.8. The average molecular weight is 295 g/mol. The van der Waals surface area contributed by atoms with E-state index in [1.807, 2.05) is 0 Å². The number of rotatable bonds is 4. The van der Waals surface area contributed by atoms with Crippen LogP contribution in [0.5, 0.6) is 0 Å². The fraction of sp³-hybridized carbons (Fsp3) is 0.692. The van der Waals surface area contributed by atoms with Crippen molar-refractivity contribution in [3.63, 3.8) is 0 Å². The molecule has 116 valence electrons. The lowest BCUT2D eigenvalue weighted by molar-refractivity contribution is 0.00618. The molecule has 1 aliphatic rings. The fourth-order valence-corrected chi connectivity index (χ4v) is 2.03. The van der Waals surface area contributed by atoms with E-state index in [9.17, 15) is 9.59 Å². The van der Waals surface area contributed by atoms with Crippen LogP contribution < -0.4 is 5.32 Å². The van der Waals surface area contributed by atoms with Gasteiger partial charge in [0, 0.05) is 19.6 Å². The zero-order valence-corrected chi connectivity index (χ0v) is 12.8. The minimum Gasteiger partial charge on any atom is -0.455 e. The number of nitrogens with zero attached hydrogens (tertiary/aromatic N) is 4. The van der Waals surface area contributed by atoms with Crippen molar-refractivity contribution in [3.05, 3.63) is 11.4 Å². The maximum absolute atomic E-state index is 12.0. The molecule has 1 aromatic heterocycles. The number of aromatic nitrogens is 3. The van der Waals surface area contributed by atoms with Gasteiger partial charge in [-0.2, -0.15) is 0 Å². The molecular weight excluding hydrogens is 274 g/mol. The first-order chi connectivity index (χ1) is 9.78. The van der Waals surface area contributed by atoms with Gasteiger partial charge in [0.2, 0.25) is 0 Å². The molecule has 8 nitrogen and oxygen atoms in total. The quantitative estimate of drug-likeness (QED) is 0.820. The Labute approximate surface area is 123 Å². The first-order valence-electron chi connectivity index (χ1n) is 6.94. The van der Waals surface area contributed by atoms with Crippen molar-refractivity contribution >= 4 is 12.0 Å². The number of esters is 1. The molecule has 0 radical (unpaired) electrons. The van der Waals surface area contributed by atoms with Crippen molar-refractivity contribution in [3.8, 4) is 0 Å². The Morgan fingerprint density at radius 2 is 2.10 bits per heavy atom. The van der Waals surface area contributed by atoms with Gasteiger partial charge < -0.3 is 15.0 Å². The minimum atomic E-state index is -0.569. The predicted octanol–water partition coefficient (Wildman–Crippen LogP) is 0.567. The number of urea groups is 1. The molecule has 1 aliphatic heterocycles. The molecule has 0 unspecified atom stereocenters. The van der Waals surface area contributed by atoms with E-state index in [-0.39, 0.29) is 11.7 Å². The Morgan fingerprint density at radius 1 is 1.38 bits per heavy atom. The maximum atomic E-state index is 12.0. The van der Waals surface area contributed by atoms with Crippen LogP contribution in [0.4, 0.5) is 4.79 Å². The van der Waals surface area contributed by atoms with Crippen molar-refractivity contribution in [2.24, 2.45) is 0 Å². The fourth-order valence-electron chi connectivity index (χ4n) is 2.03. The summed E-state index contributed by atoms with van der Waals surface area (Å²) < 4.78 is 6.90. The molecule has 0 spiro atoms. The van der Waals surface area contributed by atoms with E-state index in [2.05, 4.69) is 15.6 Å². The predicted molar refractivity (Wildman–Crippen MR) is 74.9 cm³/mol. The van der Waals surface area contributed by atoms with Crippen LogP contribution >= 0.6 is 0 Å². The van der Waals surface area contributed by atoms with E-state index in [4.69, 9.17) is 4.74 Å². The summed E-state index contributed by atoms with van der Waals surface area (Å²) in [4.78, 5) is 25.1. The third-order valence-corrected chi connectivity index (χ3v) is 3.10. The van der Waals surface area contributed by atoms with Crippen molar-refractivity contribution in [1.29, 1.82) is 0 Å². The number of nitrogens with one attached hydrogen (secondary N) is 1. The van der Waals surface area contributed by atoms with Crippen LogP contribution in [0.2, 0.25) is 0 Å². The van der Waals surface area contributed by atoms with Crippen LogP contribution in [0.15, 0.2) is 0 Å². The van der Waals surface area contributed by atoms with Gasteiger partial charge >= 0.3 is 12.0 Å². The van der Waals surface area contributed by atoms with Crippen LogP contribution in [-0.4, -0.2) is 57.1 Å². The van der Waals surface area contributed by atoms with Gasteiger partial charge in [-0.25, -0.2) is 14.3 Å². The molecule has 0 aromatic carbocycles. The van der Waals surface area contributed by atoms with Crippen LogP contribution in [0.1, 0.15) is 37.0 Å². The molecule has 0 saturated carbocycles. The van der Waals surface area contributed by atoms with Gasteiger partial charge in [0.05, 0.1) is 12.2 Å². The van der Waals surface area contributed by atoms with Gasteiger partial charge in [0.25, 0.3) is 0 Å². The highest BCUT2D eigenvalue weighted by Gasteiger charge is 2.24. The topological polar surface area (TPSA) is 89.3 Å². The molecule has 1 saturated heterocycles. The van der Waals surface area contributed by atoms with Gasteiger partial charge in [0.1, 0.15) is 5.60 Å². The van der Waals surface area contributed by atoms with Crippen LogP contribution in [-0.2, 0) is 11.3 Å². The summed E-state index contributed by atoms with van der Waals surface area (Å²) in [7, 11) is 0. The Balaban J connectivity index is 2.00. The van der Waals surface area contributed by atoms with E-state index < -0.39 is 11.6 Å². The summed E-state index contributed by atoms with van der Waals surface area (Å²) in [6.07, 6.45) is 0. The molecule has 0 aliphatic carbocycles. The third kappa shape index (κ3) is 3.71. The number of carbonyl (C=O) groups excluding carboxylic acids is 2. The van der Waals surface area contributed by atoms with Gasteiger partial charge in [0.15, 0.2) is 5.69 Å². The van der Waals surface area contributed by atoms with Crippen molar-refractivity contribution in [2.75, 3.05) is 19.6 Å². The normalized spacial score (nSPS) is 15.2. The SMILES string of the molecule is Cc1c(C(=O)OC(C)(C)C)nnn1CCN1CCNC1=O. The second-order valence-corrected chi connectivity index (χ2v) is 5.97. The first kappa shape index (κ1) is 15.3. The Bertz CT molecular complexity index is 546. The largest absolute Gasteiger partial charge is 0.455 e. The van der Waals surface area contributed by atoms with E-state index in [0.29, 0.717) is 31.9 Å². The molecule has 2 amide bonds. The van der Waals surface area contributed by atoms with E-state index in [1.165, 1.54) is 0 Å². The molecule has 2 rings (SSSR count). The maximum Gasteiger partial charge on any atom is 0.361 e. The summed E-state index contributed by atoms with van der Waals surface area (Å²) in [5.41, 5.74) is 0.292. The molecule has 2 heterocycles. The highest BCUT2D eigenvalue weighted by atomic mass is 16.6. The van der Waals surface area contributed by atoms with Crippen molar-refractivity contribution in [1.82, 2.24) is 25.2 Å². The molecule has 1 N–H and O–H groups in total. The van der Waals surface area contributed by atoms with Gasteiger partial charge in [-0.15, -0.1) is 5.10 Å². The number of amides is 2. The number of hydrogen-bond acceptors (Lipinski definition) is 5. The summed E-state index contributed by atoms with van der Waals surface area (Å²) in [5, 5.41) is 10.6. The van der Waals surface area contributed by atoms with Gasteiger partial charge in [-0.05, 0) is 27.7 Å². The van der Waals surface area contributed by atoms with E-state index in [1.54, 1.807) is 37.3 Å². The molecular formula is C13H21N5O3. The second kappa shape index (κ2) is 5.71. The minimum absolute atomic E-state index is 0.0693. The lowest BCUT2D eigenvalue weighted by atomic mass is 10.2. The summed E-state index contributed by atoms with van der Waals surface area (Å²) in [6.45, 7) is 9.55. The molecule has 21 heavy (non-hydrogen) atoms. The number of carbonyl (C=O) groups is 2. The molecule has 0 atom stereocenters. The van der Waals surface area contributed by atoms with E-state index in [0.717, 1.165) is 0 Å². The van der Waals surface area contributed by atoms with Crippen LogP contribution in [0.25, 0.3) is 0 Å². The van der Waals surface area contributed by atoms with Gasteiger partial charge in [-0.3, -0.25) is 0 Å². The van der Waals surface area contributed by atoms with Gasteiger partial charge in [-0.1, -0.05) is 5.21 Å². The van der Waals surface area contributed by atoms with Crippen molar-refractivity contribution < 1.29 is 14.3 Å². The van der Waals surface area contributed by atoms with Crippen molar-refractivity contribution in [2.45, 2.75) is 39.8 Å². The first-order valence-corrected chi connectivity index (χ1v) is 6.94. The smallest absolute Gasteiger partial charge is 0.361 e. The highest BCUT2D eigenvalue weighted by molar-refractivity contribution is 5.88. The molecule has 0 bridgehead atoms. The molecule has 8 heteroatoms. The second-order valence-electron chi connectivity index (χ2n) is 5.97. The third-order valence-electron chi connectivity index (χ3n) is 3.10. The Morgan fingerprint density at radius 3 is 2.67 bits per heavy atom. The number of hydrogen-bond donors (Lipinski definition) is 1. The zero-order chi connectivity index (χ0) is 15.6. The Kier molecular flexibility index (Phi) is 4.15. The molecule has 1 fully saturated rings. The summed E-state index contributed by atoms with van der Waals surface area (Å²) in [5.74, 6) is -0.481. The standard InChI is InChI=1S/C13H21N5O3/c1-9-10(11(19)21-13(2,3)4)15-16-18(9)8-7-17-6-5-14-12(17)20/h5-8H2,1-4H3,(H,14,20). The van der Waals surface area contributed by atoms with Crippen LogP contribution in [0, 0.1) is 6.92 Å². The Hall–Kier alpha value is -2.12. The average Bonchev–Trinajstić information content (AvgIpc) is 2.91. The lowest BCUT2D eigenvalue weighted by Gasteiger charge is -2.18. The monoisotopic (exact) mass is 295 g/mol. The molecule has 1 aromatic rings. The lowest BCUT2D eigenvalue weighted by Crippen LogP contribution is -2.31. The van der Waals surface area contributed by atoms with E-state index >= 15 is 0 Å². The highest BCUT2D eigenvalue weighted by Crippen LogP contribution is 2.13. The number of ether oxygens (including phenoxy) is 1. The van der Waals surface area contributed by atoms with Crippen LogP contribution in [0.3, 0.4) is 0 Å².